The molecule has 1 amide bonds. The van der Waals surface area contributed by atoms with E-state index >= 15 is 0 Å². The molecule has 0 spiro atoms. The molecule has 0 heterocycles. The molecule has 0 bridgehead atoms. The van der Waals surface area contributed by atoms with Crippen molar-refractivity contribution in [3.05, 3.63) is 70.2 Å². The Morgan fingerprint density at radius 2 is 1.61 bits per heavy atom. The summed E-state index contributed by atoms with van der Waals surface area (Å²) in [5, 5.41) is 0. The van der Waals surface area contributed by atoms with E-state index in [9.17, 15) is 4.79 Å². The topological polar surface area (TPSA) is 29.5 Å². The average Bonchev–Trinajstić information content (AvgIpc) is 2.58. The molecule has 0 aromatic heterocycles. The van der Waals surface area contributed by atoms with E-state index in [2.05, 4.69) is 52.3 Å². The first-order valence-corrected chi connectivity index (χ1v) is 8.39. The Morgan fingerprint density at radius 3 is 2.17 bits per heavy atom. The summed E-state index contributed by atoms with van der Waals surface area (Å²) in [6.07, 6.45) is 2.89. The number of benzene rings is 2. The summed E-state index contributed by atoms with van der Waals surface area (Å²) in [5.74, 6) is 0. The maximum Gasteiger partial charge on any atom is 0.209 e. The summed E-state index contributed by atoms with van der Waals surface area (Å²) in [4.78, 5) is 10.9. The molecule has 2 aromatic rings. The largest absolute Gasteiger partial charge is 0.377 e. The Bertz CT molecular complexity index is 541. The Kier molecular flexibility index (Phi) is 10.00. The summed E-state index contributed by atoms with van der Waals surface area (Å²) in [5.41, 5.74) is 2.60. The minimum absolute atomic E-state index is 0.710. The van der Waals surface area contributed by atoms with Crippen molar-refractivity contribution in [3.63, 3.8) is 0 Å². The first-order chi connectivity index (χ1) is 11.1. The lowest BCUT2D eigenvalue weighted by Crippen LogP contribution is -2.06. The number of amides is 1. The van der Waals surface area contributed by atoms with Crippen LogP contribution in [0.25, 0.3) is 0 Å². The van der Waals surface area contributed by atoms with E-state index in [4.69, 9.17) is 4.74 Å². The number of aryl methyl sites for hydroxylation is 1. The molecule has 0 saturated carbocycles. The fraction of sp³-hybridized carbons (Fsp3) is 0.316. The third-order valence-corrected chi connectivity index (χ3v) is 3.52. The van der Waals surface area contributed by atoms with E-state index in [-0.39, 0.29) is 0 Å². The molecule has 2 rings (SSSR count). The van der Waals surface area contributed by atoms with Crippen LogP contribution < -0.4 is 0 Å². The first-order valence-electron chi connectivity index (χ1n) is 7.59. The summed E-state index contributed by atoms with van der Waals surface area (Å²) in [6, 6.07) is 18.8. The van der Waals surface area contributed by atoms with Crippen molar-refractivity contribution in [3.8, 4) is 0 Å². The van der Waals surface area contributed by atoms with Gasteiger partial charge >= 0.3 is 0 Å². The second-order valence-corrected chi connectivity index (χ2v) is 6.25. The lowest BCUT2D eigenvalue weighted by molar-refractivity contribution is -0.115. The fourth-order valence-corrected chi connectivity index (χ4v) is 2.06. The molecule has 0 radical (unpaired) electrons. The standard InChI is InChI=1S/C16H17BrO.C3H7NO/c17-16-10-8-14(9-11-16)7-4-12-18-13-15-5-2-1-3-6-15;1-4(2)3-5/h1-3,5-6,8-11H,4,7,12-13H2;3H,1-2H3. The van der Waals surface area contributed by atoms with Crippen molar-refractivity contribution in [1.82, 2.24) is 4.90 Å². The quantitative estimate of drug-likeness (QED) is 0.531. The van der Waals surface area contributed by atoms with Crippen LogP contribution in [-0.4, -0.2) is 32.0 Å². The van der Waals surface area contributed by atoms with E-state index in [0.29, 0.717) is 6.61 Å². The van der Waals surface area contributed by atoms with Gasteiger partial charge in [-0.3, -0.25) is 4.79 Å². The average molecular weight is 378 g/mol. The Hall–Kier alpha value is -1.65. The highest BCUT2D eigenvalue weighted by atomic mass is 79.9. The molecule has 4 heteroatoms. The number of hydrogen-bond donors (Lipinski definition) is 0. The molecule has 3 nitrogen and oxygen atoms in total. The predicted octanol–water partition coefficient (Wildman–Crippen LogP) is 4.30. The minimum Gasteiger partial charge on any atom is -0.377 e. The van der Waals surface area contributed by atoms with E-state index < -0.39 is 0 Å². The molecule has 0 saturated heterocycles. The van der Waals surface area contributed by atoms with Gasteiger partial charge in [-0.1, -0.05) is 58.4 Å². The van der Waals surface area contributed by atoms with Gasteiger partial charge in [0.15, 0.2) is 0 Å². The van der Waals surface area contributed by atoms with Crippen LogP contribution in [0.3, 0.4) is 0 Å². The smallest absolute Gasteiger partial charge is 0.209 e. The van der Waals surface area contributed by atoms with Gasteiger partial charge in [0.05, 0.1) is 6.61 Å². The molecule has 0 aliphatic heterocycles. The van der Waals surface area contributed by atoms with Gasteiger partial charge in [0, 0.05) is 25.2 Å². The maximum absolute atomic E-state index is 9.43. The number of rotatable bonds is 7. The third-order valence-electron chi connectivity index (χ3n) is 2.99. The number of hydrogen-bond acceptors (Lipinski definition) is 2. The van der Waals surface area contributed by atoms with Crippen LogP contribution in [0, 0.1) is 0 Å². The summed E-state index contributed by atoms with van der Waals surface area (Å²) < 4.78 is 6.79. The van der Waals surface area contributed by atoms with Crippen LogP contribution in [0.5, 0.6) is 0 Å². The van der Waals surface area contributed by atoms with Crippen molar-refractivity contribution in [1.29, 1.82) is 0 Å². The van der Waals surface area contributed by atoms with Crippen LogP contribution in [0.2, 0.25) is 0 Å². The highest BCUT2D eigenvalue weighted by molar-refractivity contribution is 9.10. The predicted molar refractivity (Wildman–Crippen MR) is 98.3 cm³/mol. The summed E-state index contributed by atoms with van der Waals surface area (Å²) >= 11 is 3.44. The van der Waals surface area contributed by atoms with Crippen LogP contribution in [0.4, 0.5) is 0 Å². The van der Waals surface area contributed by atoms with E-state index in [1.54, 1.807) is 14.1 Å². The van der Waals surface area contributed by atoms with E-state index in [0.717, 1.165) is 30.3 Å². The Balaban J connectivity index is 0.000000463. The van der Waals surface area contributed by atoms with Crippen LogP contribution >= 0.6 is 15.9 Å². The summed E-state index contributed by atoms with van der Waals surface area (Å²) in [7, 11) is 3.38. The Labute approximate surface area is 147 Å². The summed E-state index contributed by atoms with van der Waals surface area (Å²) in [6.45, 7) is 1.52. The number of ether oxygens (including phenoxy) is 1. The van der Waals surface area contributed by atoms with Crippen molar-refractivity contribution in [2.45, 2.75) is 19.4 Å². The van der Waals surface area contributed by atoms with Gasteiger partial charge in [-0.05, 0) is 36.1 Å². The first kappa shape index (κ1) is 19.4. The number of carbonyl (C=O) groups is 1. The number of nitrogens with zero attached hydrogens (tertiary/aromatic N) is 1. The minimum atomic E-state index is 0.710. The molecular weight excluding hydrogens is 354 g/mol. The van der Waals surface area contributed by atoms with E-state index in [1.807, 2.05) is 18.2 Å². The monoisotopic (exact) mass is 377 g/mol. The highest BCUT2D eigenvalue weighted by Crippen LogP contribution is 2.12. The van der Waals surface area contributed by atoms with Gasteiger partial charge in [0.25, 0.3) is 0 Å². The number of halogens is 1. The van der Waals surface area contributed by atoms with Crippen molar-refractivity contribution < 1.29 is 9.53 Å². The zero-order valence-electron chi connectivity index (χ0n) is 13.7. The number of carbonyl (C=O) groups excluding carboxylic acids is 1. The van der Waals surface area contributed by atoms with Crippen LogP contribution in [-0.2, 0) is 22.6 Å². The van der Waals surface area contributed by atoms with Gasteiger partial charge in [-0.15, -0.1) is 0 Å². The lowest BCUT2D eigenvalue weighted by Gasteiger charge is -2.04. The van der Waals surface area contributed by atoms with Crippen LogP contribution in [0.15, 0.2) is 59.1 Å². The second-order valence-electron chi connectivity index (χ2n) is 5.34. The molecule has 23 heavy (non-hydrogen) atoms. The molecule has 0 atom stereocenters. The highest BCUT2D eigenvalue weighted by Gasteiger charge is 1.95. The second kappa shape index (κ2) is 11.9. The molecule has 0 unspecified atom stereocenters. The van der Waals surface area contributed by atoms with Crippen LogP contribution in [0.1, 0.15) is 17.5 Å². The Morgan fingerprint density at radius 1 is 1.00 bits per heavy atom. The van der Waals surface area contributed by atoms with Gasteiger partial charge in [-0.25, -0.2) is 0 Å². The van der Waals surface area contributed by atoms with Gasteiger partial charge in [0.1, 0.15) is 0 Å². The molecule has 0 N–H and O–H groups in total. The van der Waals surface area contributed by atoms with Gasteiger partial charge in [0.2, 0.25) is 6.41 Å². The fourth-order valence-electron chi connectivity index (χ4n) is 1.79. The van der Waals surface area contributed by atoms with Crippen molar-refractivity contribution in [2.75, 3.05) is 20.7 Å². The molecule has 124 valence electrons. The maximum atomic E-state index is 9.43. The normalized spacial score (nSPS) is 9.70. The molecule has 0 aliphatic carbocycles. The molecule has 2 aromatic carbocycles. The molecule has 0 aliphatic rings. The van der Waals surface area contributed by atoms with Gasteiger partial charge < -0.3 is 9.64 Å². The van der Waals surface area contributed by atoms with Crippen molar-refractivity contribution >= 4 is 22.3 Å². The zero-order chi connectivity index (χ0) is 16.9. The lowest BCUT2D eigenvalue weighted by atomic mass is 10.1. The van der Waals surface area contributed by atoms with Gasteiger partial charge in [-0.2, -0.15) is 0 Å². The SMILES string of the molecule is Brc1ccc(CCCOCc2ccccc2)cc1.CN(C)C=O. The molecular formula is C19H24BrNO2. The van der Waals surface area contributed by atoms with Crippen molar-refractivity contribution in [2.24, 2.45) is 0 Å². The third kappa shape index (κ3) is 9.87. The molecule has 0 fully saturated rings. The van der Waals surface area contributed by atoms with E-state index in [1.165, 1.54) is 16.0 Å². The zero-order valence-corrected chi connectivity index (χ0v) is 15.3.